The van der Waals surface area contributed by atoms with E-state index in [1.807, 2.05) is 0 Å². The van der Waals surface area contributed by atoms with Crippen LogP contribution in [0.2, 0.25) is 0 Å². The topological polar surface area (TPSA) is 40.5 Å². The van der Waals surface area contributed by atoms with Crippen LogP contribution in [0.5, 0.6) is 0 Å². The van der Waals surface area contributed by atoms with Crippen molar-refractivity contribution in [2.24, 2.45) is 0 Å². The van der Waals surface area contributed by atoms with Gasteiger partial charge in [-0.25, -0.2) is 0 Å². The van der Waals surface area contributed by atoms with E-state index in [1.165, 1.54) is 0 Å². The second-order valence-electron chi connectivity index (χ2n) is 3.67. The summed E-state index contributed by atoms with van der Waals surface area (Å²) in [5.74, 6) is 0.0612. The molecule has 1 aliphatic rings. The van der Waals surface area contributed by atoms with Crippen molar-refractivity contribution in [2.75, 3.05) is 19.6 Å². The summed E-state index contributed by atoms with van der Waals surface area (Å²) in [6, 6.07) is 0. The minimum absolute atomic E-state index is 0.0612. The molecule has 1 heterocycles. The second-order valence-corrected chi connectivity index (χ2v) is 3.67. The fourth-order valence-electron chi connectivity index (χ4n) is 1.46. The molecule has 3 heteroatoms. The minimum atomic E-state index is -0.151. The molecule has 0 spiro atoms. The van der Waals surface area contributed by atoms with Gasteiger partial charge in [0.1, 0.15) is 0 Å². The number of aliphatic hydroxyl groups is 1. The van der Waals surface area contributed by atoms with E-state index in [-0.39, 0.29) is 11.9 Å². The molecule has 1 aliphatic heterocycles. The molecule has 1 N–H and O–H groups in total. The number of hydrogen-bond acceptors (Lipinski definition) is 3. The highest BCUT2D eigenvalue weighted by atomic mass is 16.3. The molecule has 0 aliphatic carbocycles. The van der Waals surface area contributed by atoms with Crippen molar-refractivity contribution in [3.8, 4) is 0 Å². The molecule has 0 unspecified atom stereocenters. The summed E-state index contributed by atoms with van der Waals surface area (Å²) >= 11 is 0. The molecule has 0 atom stereocenters. The van der Waals surface area contributed by atoms with Gasteiger partial charge in [0.15, 0.2) is 5.78 Å². The van der Waals surface area contributed by atoms with Crippen molar-refractivity contribution in [1.29, 1.82) is 0 Å². The second kappa shape index (κ2) is 4.53. The lowest BCUT2D eigenvalue weighted by atomic mass is 10.1. The van der Waals surface area contributed by atoms with Gasteiger partial charge in [-0.05, 0) is 19.8 Å². The van der Waals surface area contributed by atoms with E-state index in [4.69, 9.17) is 0 Å². The lowest BCUT2D eigenvalue weighted by Gasteiger charge is -2.29. The highest BCUT2D eigenvalue weighted by molar-refractivity contribution is 5.92. The fraction of sp³-hybridized carbons (Fsp3) is 0.700. The quantitative estimate of drug-likeness (QED) is 0.651. The van der Waals surface area contributed by atoms with Crippen molar-refractivity contribution in [3.63, 3.8) is 0 Å². The zero-order valence-electron chi connectivity index (χ0n) is 8.12. The zero-order chi connectivity index (χ0) is 9.84. The van der Waals surface area contributed by atoms with Crippen LogP contribution in [0.15, 0.2) is 12.2 Å². The van der Waals surface area contributed by atoms with Crippen LogP contribution in [0.3, 0.4) is 0 Å². The number of aliphatic hydroxyl groups excluding tert-OH is 1. The average molecular weight is 183 g/mol. The van der Waals surface area contributed by atoms with Crippen LogP contribution in [0.1, 0.15) is 19.8 Å². The summed E-state index contributed by atoms with van der Waals surface area (Å²) in [5, 5.41) is 9.25. The molecular weight excluding hydrogens is 166 g/mol. The number of carbonyl (C=O) groups excluding carboxylic acids is 1. The van der Waals surface area contributed by atoms with Crippen LogP contribution < -0.4 is 0 Å². The third-order valence-electron chi connectivity index (χ3n) is 2.47. The van der Waals surface area contributed by atoms with Crippen molar-refractivity contribution in [2.45, 2.75) is 25.9 Å². The van der Waals surface area contributed by atoms with Gasteiger partial charge in [0.25, 0.3) is 0 Å². The van der Waals surface area contributed by atoms with Gasteiger partial charge in [-0.3, -0.25) is 9.69 Å². The summed E-state index contributed by atoms with van der Waals surface area (Å²) in [6.07, 6.45) is 1.47. The number of carbonyl (C=O) groups is 1. The van der Waals surface area contributed by atoms with Crippen LogP contribution in [-0.4, -0.2) is 41.5 Å². The number of ketones is 1. The Morgan fingerprint density at radius 2 is 2.08 bits per heavy atom. The molecule has 13 heavy (non-hydrogen) atoms. The summed E-state index contributed by atoms with van der Waals surface area (Å²) in [7, 11) is 0. The molecule has 0 aromatic rings. The Morgan fingerprint density at radius 1 is 1.54 bits per heavy atom. The highest BCUT2D eigenvalue weighted by Crippen LogP contribution is 2.11. The Kier molecular flexibility index (Phi) is 3.63. The molecule has 74 valence electrons. The molecule has 3 nitrogen and oxygen atoms in total. The van der Waals surface area contributed by atoms with E-state index < -0.39 is 0 Å². The molecule has 1 rings (SSSR count). The van der Waals surface area contributed by atoms with E-state index in [9.17, 15) is 9.90 Å². The van der Waals surface area contributed by atoms with Crippen LogP contribution in [0.25, 0.3) is 0 Å². The predicted octanol–water partition coefficient (Wildman–Crippen LogP) is 0.588. The largest absolute Gasteiger partial charge is 0.393 e. The molecule has 1 fully saturated rings. The lowest BCUT2D eigenvalue weighted by molar-refractivity contribution is -0.113. The standard InChI is InChI=1S/C10H17NO2/c1-8(9(2)12)7-11-5-3-10(13)4-6-11/h10,13H,1,3-7H2,2H3. The van der Waals surface area contributed by atoms with Crippen LogP contribution in [0, 0.1) is 0 Å². The Hall–Kier alpha value is -0.670. The first-order valence-corrected chi connectivity index (χ1v) is 4.68. The van der Waals surface area contributed by atoms with Gasteiger partial charge in [-0.2, -0.15) is 0 Å². The van der Waals surface area contributed by atoms with Gasteiger partial charge in [0.2, 0.25) is 0 Å². The molecule has 0 amide bonds. The Labute approximate surface area is 79.0 Å². The number of likely N-dealkylation sites (tertiary alicyclic amines) is 1. The summed E-state index contributed by atoms with van der Waals surface area (Å²) in [6.45, 7) is 7.65. The number of nitrogens with zero attached hydrogens (tertiary/aromatic N) is 1. The van der Waals surface area contributed by atoms with Crippen molar-refractivity contribution in [1.82, 2.24) is 4.90 Å². The normalized spacial score (nSPS) is 20.2. The molecule has 0 saturated carbocycles. The molecule has 0 aromatic carbocycles. The first kappa shape index (κ1) is 10.4. The zero-order valence-corrected chi connectivity index (χ0v) is 8.12. The SMILES string of the molecule is C=C(CN1CCC(O)CC1)C(C)=O. The van der Waals surface area contributed by atoms with Crippen LogP contribution >= 0.6 is 0 Å². The van der Waals surface area contributed by atoms with E-state index in [0.29, 0.717) is 12.1 Å². The van der Waals surface area contributed by atoms with Crippen LogP contribution in [-0.2, 0) is 4.79 Å². The van der Waals surface area contributed by atoms with Gasteiger partial charge in [-0.15, -0.1) is 0 Å². The fourth-order valence-corrected chi connectivity index (χ4v) is 1.46. The molecule has 0 aromatic heterocycles. The monoisotopic (exact) mass is 183 g/mol. The van der Waals surface area contributed by atoms with Crippen molar-refractivity contribution in [3.05, 3.63) is 12.2 Å². The lowest BCUT2D eigenvalue weighted by Crippen LogP contribution is -2.37. The van der Waals surface area contributed by atoms with E-state index in [2.05, 4.69) is 11.5 Å². The van der Waals surface area contributed by atoms with E-state index >= 15 is 0 Å². The Morgan fingerprint density at radius 3 is 2.54 bits per heavy atom. The smallest absolute Gasteiger partial charge is 0.156 e. The van der Waals surface area contributed by atoms with Gasteiger partial charge in [-0.1, -0.05) is 6.58 Å². The summed E-state index contributed by atoms with van der Waals surface area (Å²) in [5.41, 5.74) is 0.663. The van der Waals surface area contributed by atoms with Crippen molar-refractivity contribution < 1.29 is 9.90 Å². The first-order valence-electron chi connectivity index (χ1n) is 4.68. The highest BCUT2D eigenvalue weighted by Gasteiger charge is 2.17. The molecular formula is C10H17NO2. The van der Waals surface area contributed by atoms with Gasteiger partial charge in [0.05, 0.1) is 6.10 Å². The predicted molar refractivity (Wildman–Crippen MR) is 51.5 cm³/mol. The number of Topliss-reactive ketones (excluding diaryl/α,β-unsaturated/α-hetero) is 1. The molecule has 0 bridgehead atoms. The van der Waals surface area contributed by atoms with Crippen molar-refractivity contribution >= 4 is 5.78 Å². The third-order valence-corrected chi connectivity index (χ3v) is 2.47. The summed E-state index contributed by atoms with van der Waals surface area (Å²) < 4.78 is 0. The van der Waals surface area contributed by atoms with Crippen LogP contribution in [0.4, 0.5) is 0 Å². The summed E-state index contributed by atoms with van der Waals surface area (Å²) in [4.78, 5) is 13.1. The third kappa shape index (κ3) is 3.28. The minimum Gasteiger partial charge on any atom is -0.393 e. The Bertz CT molecular complexity index is 205. The van der Waals surface area contributed by atoms with E-state index in [0.717, 1.165) is 25.9 Å². The maximum atomic E-state index is 10.9. The number of piperidine rings is 1. The average Bonchev–Trinajstić information content (AvgIpc) is 2.08. The molecule has 0 radical (unpaired) electrons. The first-order chi connectivity index (χ1) is 6.09. The number of hydrogen-bond donors (Lipinski definition) is 1. The Balaban J connectivity index is 2.30. The van der Waals surface area contributed by atoms with Gasteiger partial charge >= 0.3 is 0 Å². The van der Waals surface area contributed by atoms with Gasteiger partial charge < -0.3 is 5.11 Å². The van der Waals surface area contributed by atoms with Gasteiger partial charge in [0, 0.05) is 25.2 Å². The van der Waals surface area contributed by atoms with E-state index in [1.54, 1.807) is 6.92 Å². The number of rotatable bonds is 3. The maximum absolute atomic E-state index is 10.9. The maximum Gasteiger partial charge on any atom is 0.156 e. The molecule has 1 saturated heterocycles.